The molecule has 32 heavy (non-hydrogen) atoms. The molecular formula is C23H22ClF2N3O3. The summed E-state index contributed by atoms with van der Waals surface area (Å²) >= 11 is 6.26. The summed E-state index contributed by atoms with van der Waals surface area (Å²) in [6.07, 6.45) is 0.623. The fraction of sp³-hybridized carbons (Fsp3) is 0.348. The summed E-state index contributed by atoms with van der Waals surface area (Å²) in [6.45, 7) is 5.69. The Bertz CT molecular complexity index is 1250. The number of hydrogen-bond acceptors (Lipinski definition) is 4. The predicted molar refractivity (Wildman–Crippen MR) is 117 cm³/mol. The average Bonchev–Trinajstić information content (AvgIpc) is 3.15. The monoisotopic (exact) mass is 461 g/mol. The van der Waals surface area contributed by atoms with Crippen molar-refractivity contribution in [2.24, 2.45) is 0 Å². The number of hydrogen-bond donors (Lipinski definition) is 0. The zero-order valence-electron chi connectivity index (χ0n) is 17.9. The number of benzene rings is 2. The third-order valence-corrected chi connectivity index (χ3v) is 5.47. The maximum atomic E-state index is 14.1. The van der Waals surface area contributed by atoms with E-state index in [0.717, 1.165) is 22.8 Å². The SMILES string of the molecule is CC(C)(C)OC(=O)N1CCC[C@H]1c1nc2cccc(Cl)c2c(=O)n1-c1cc(F)cc(F)c1. The molecule has 1 amide bonds. The molecule has 9 heteroatoms. The van der Waals surface area contributed by atoms with Crippen LogP contribution < -0.4 is 5.56 Å². The van der Waals surface area contributed by atoms with E-state index >= 15 is 0 Å². The van der Waals surface area contributed by atoms with E-state index in [4.69, 9.17) is 16.3 Å². The van der Waals surface area contributed by atoms with Crippen LogP contribution in [0.5, 0.6) is 0 Å². The van der Waals surface area contributed by atoms with Crippen LogP contribution in [0.2, 0.25) is 5.02 Å². The number of carbonyl (C=O) groups is 1. The van der Waals surface area contributed by atoms with E-state index in [1.165, 1.54) is 4.90 Å². The van der Waals surface area contributed by atoms with E-state index in [2.05, 4.69) is 4.98 Å². The van der Waals surface area contributed by atoms with Gasteiger partial charge in [-0.3, -0.25) is 14.3 Å². The molecular weight excluding hydrogens is 440 g/mol. The molecule has 1 aliphatic rings. The second-order valence-electron chi connectivity index (χ2n) is 8.70. The minimum atomic E-state index is -0.840. The van der Waals surface area contributed by atoms with Gasteiger partial charge in [-0.05, 0) is 57.9 Å². The van der Waals surface area contributed by atoms with Gasteiger partial charge in [-0.15, -0.1) is 0 Å². The number of rotatable bonds is 2. The van der Waals surface area contributed by atoms with Crippen molar-refractivity contribution in [1.29, 1.82) is 0 Å². The summed E-state index contributed by atoms with van der Waals surface area (Å²) in [5.74, 6) is -1.49. The van der Waals surface area contributed by atoms with E-state index in [-0.39, 0.29) is 21.9 Å². The fourth-order valence-electron chi connectivity index (χ4n) is 3.92. The Kier molecular flexibility index (Phi) is 5.67. The van der Waals surface area contributed by atoms with E-state index in [9.17, 15) is 18.4 Å². The number of likely N-dealkylation sites (tertiary alicyclic amines) is 1. The van der Waals surface area contributed by atoms with Gasteiger partial charge in [0.1, 0.15) is 23.1 Å². The first kappa shape index (κ1) is 22.2. The van der Waals surface area contributed by atoms with Crippen molar-refractivity contribution in [2.45, 2.75) is 45.3 Å². The lowest BCUT2D eigenvalue weighted by molar-refractivity contribution is 0.0216. The van der Waals surface area contributed by atoms with Crippen molar-refractivity contribution in [3.05, 3.63) is 69.2 Å². The highest BCUT2D eigenvalue weighted by Crippen LogP contribution is 2.34. The van der Waals surface area contributed by atoms with Crippen molar-refractivity contribution in [3.63, 3.8) is 0 Å². The van der Waals surface area contributed by atoms with Crippen LogP contribution in [0, 0.1) is 11.6 Å². The number of nitrogens with zero attached hydrogens (tertiary/aromatic N) is 3. The normalized spacial score (nSPS) is 16.6. The van der Waals surface area contributed by atoms with Crippen molar-refractivity contribution >= 4 is 28.6 Å². The van der Waals surface area contributed by atoms with Gasteiger partial charge in [0.05, 0.1) is 27.7 Å². The van der Waals surface area contributed by atoms with Crippen LogP contribution in [0.1, 0.15) is 45.5 Å². The summed E-state index contributed by atoms with van der Waals surface area (Å²) in [5.41, 5.74) is -0.980. The lowest BCUT2D eigenvalue weighted by Crippen LogP contribution is -2.38. The molecule has 1 aromatic heterocycles. The zero-order chi connectivity index (χ0) is 23.2. The Hall–Kier alpha value is -3.00. The van der Waals surface area contributed by atoms with Gasteiger partial charge in [0.2, 0.25) is 0 Å². The Morgan fingerprint density at radius 3 is 2.53 bits per heavy atom. The molecule has 168 valence electrons. The number of fused-ring (bicyclic) bond motifs is 1. The molecule has 2 aromatic carbocycles. The third-order valence-electron chi connectivity index (χ3n) is 5.16. The Balaban J connectivity index is 1.96. The highest BCUT2D eigenvalue weighted by atomic mass is 35.5. The number of halogens is 3. The average molecular weight is 462 g/mol. The topological polar surface area (TPSA) is 64.4 Å². The summed E-state index contributed by atoms with van der Waals surface area (Å²) in [5, 5.41) is 0.303. The van der Waals surface area contributed by atoms with Crippen molar-refractivity contribution in [2.75, 3.05) is 6.54 Å². The van der Waals surface area contributed by atoms with Gasteiger partial charge in [-0.2, -0.15) is 0 Å². The molecule has 1 atom stereocenters. The predicted octanol–water partition coefficient (Wildman–Crippen LogP) is 5.39. The van der Waals surface area contributed by atoms with Crippen LogP contribution in [-0.2, 0) is 4.74 Å². The summed E-state index contributed by atoms with van der Waals surface area (Å²) in [7, 11) is 0. The maximum absolute atomic E-state index is 14.1. The van der Waals surface area contributed by atoms with Crippen molar-refractivity contribution in [3.8, 4) is 5.69 Å². The number of aromatic nitrogens is 2. The zero-order valence-corrected chi connectivity index (χ0v) is 18.6. The van der Waals surface area contributed by atoms with Crippen molar-refractivity contribution in [1.82, 2.24) is 14.5 Å². The molecule has 0 radical (unpaired) electrons. The standard InChI is InChI=1S/C23H22ClF2N3O3/c1-23(2,3)32-22(31)28-9-5-8-18(28)20-27-17-7-4-6-16(24)19(17)21(30)29(20)15-11-13(25)10-14(26)12-15/h4,6-7,10-12,18H,5,8-9H2,1-3H3/t18-/m0/s1. The highest BCUT2D eigenvalue weighted by molar-refractivity contribution is 6.35. The third kappa shape index (κ3) is 4.19. The van der Waals surface area contributed by atoms with E-state index in [0.29, 0.717) is 24.9 Å². The molecule has 4 rings (SSSR count). The van der Waals surface area contributed by atoms with Crippen LogP contribution in [0.15, 0.2) is 41.2 Å². The van der Waals surface area contributed by atoms with Crippen LogP contribution in [0.4, 0.5) is 13.6 Å². The first-order valence-corrected chi connectivity index (χ1v) is 10.6. The molecule has 0 saturated carbocycles. The van der Waals surface area contributed by atoms with Gasteiger partial charge in [0, 0.05) is 12.6 Å². The largest absolute Gasteiger partial charge is 0.444 e. The smallest absolute Gasteiger partial charge is 0.410 e. The molecule has 0 aliphatic carbocycles. The molecule has 3 aromatic rings. The number of amides is 1. The molecule has 1 fully saturated rings. The lowest BCUT2D eigenvalue weighted by atomic mass is 10.1. The van der Waals surface area contributed by atoms with Gasteiger partial charge < -0.3 is 4.74 Å². The molecule has 2 heterocycles. The van der Waals surface area contributed by atoms with Gasteiger partial charge >= 0.3 is 6.09 Å². The molecule has 1 aliphatic heterocycles. The molecule has 0 spiro atoms. The molecule has 0 unspecified atom stereocenters. The minimum absolute atomic E-state index is 0.0344. The minimum Gasteiger partial charge on any atom is -0.444 e. The summed E-state index contributed by atoms with van der Waals surface area (Å²) in [4.78, 5) is 32.5. The molecule has 1 saturated heterocycles. The highest BCUT2D eigenvalue weighted by Gasteiger charge is 2.36. The van der Waals surface area contributed by atoms with Gasteiger partial charge in [0.15, 0.2) is 0 Å². The fourth-order valence-corrected chi connectivity index (χ4v) is 4.17. The van der Waals surface area contributed by atoms with Crippen LogP contribution in [-0.4, -0.2) is 32.7 Å². The van der Waals surface area contributed by atoms with Crippen molar-refractivity contribution < 1.29 is 18.3 Å². The maximum Gasteiger partial charge on any atom is 0.410 e. The lowest BCUT2D eigenvalue weighted by Gasteiger charge is -2.29. The van der Waals surface area contributed by atoms with Gasteiger partial charge in [-0.1, -0.05) is 17.7 Å². The number of ether oxygens (including phenoxy) is 1. The molecule has 6 nitrogen and oxygen atoms in total. The first-order valence-electron chi connectivity index (χ1n) is 10.2. The second-order valence-corrected chi connectivity index (χ2v) is 9.11. The Labute approximate surface area is 188 Å². The van der Waals surface area contributed by atoms with E-state index < -0.39 is 34.9 Å². The van der Waals surface area contributed by atoms with Crippen LogP contribution >= 0.6 is 11.6 Å². The first-order chi connectivity index (χ1) is 15.0. The number of carbonyl (C=O) groups excluding carboxylic acids is 1. The van der Waals surface area contributed by atoms with Gasteiger partial charge in [-0.25, -0.2) is 18.6 Å². The second kappa shape index (κ2) is 8.16. The van der Waals surface area contributed by atoms with Crippen LogP contribution in [0.3, 0.4) is 0 Å². The summed E-state index contributed by atoms with van der Waals surface area (Å²) in [6, 6.07) is 7.04. The molecule has 0 bridgehead atoms. The van der Waals surface area contributed by atoms with E-state index in [1.807, 2.05) is 0 Å². The Morgan fingerprint density at radius 1 is 1.19 bits per heavy atom. The Morgan fingerprint density at radius 2 is 1.88 bits per heavy atom. The van der Waals surface area contributed by atoms with Crippen LogP contribution in [0.25, 0.3) is 16.6 Å². The quantitative estimate of drug-likeness (QED) is 0.513. The summed E-state index contributed by atoms with van der Waals surface area (Å²) < 4.78 is 34.8. The molecule has 0 N–H and O–H groups in total. The van der Waals surface area contributed by atoms with E-state index in [1.54, 1.807) is 39.0 Å². The van der Waals surface area contributed by atoms with Gasteiger partial charge in [0.25, 0.3) is 5.56 Å².